The first-order valence-corrected chi connectivity index (χ1v) is 14.4. The molecule has 1 saturated heterocycles. The molecule has 2 aliphatic heterocycles. The number of nitrogens with zero attached hydrogens (tertiary/aromatic N) is 4. The largest absolute Gasteiger partial charge is 0.454 e. The van der Waals surface area contributed by atoms with Crippen LogP contribution in [0.3, 0.4) is 0 Å². The number of nitrogens with one attached hydrogen (secondary N) is 1. The van der Waals surface area contributed by atoms with E-state index >= 15 is 0 Å². The molecule has 4 aromatic rings. The molecule has 6 rings (SSSR count). The normalized spacial score (nSPS) is 14.2. The van der Waals surface area contributed by atoms with Crippen LogP contribution < -0.4 is 30.9 Å². The summed E-state index contributed by atoms with van der Waals surface area (Å²) >= 11 is 0. The molecule has 0 bridgehead atoms. The maximum atomic E-state index is 13.6. The second-order valence-electron chi connectivity index (χ2n) is 10.6. The van der Waals surface area contributed by atoms with E-state index in [1.807, 2.05) is 30.3 Å². The molecular formula is C32H33N5O6. The van der Waals surface area contributed by atoms with Crippen molar-refractivity contribution in [2.24, 2.45) is 0 Å². The highest BCUT2D eigenvalue weighted by atomic mass is 16.7. The highest BCUT2D eigenvalue weighted by Crippen LogP contribution is 2.32. The Kier molecular flexibility index (Phi) is 8.12. The Hall–Kier alpha value is -5.06. The minimum Gasteiger partial charge on any atom is -0.454 e. The molecule has 2 amide bonds. The number of anilines is 1. The Balaban J connectivity index is 1.10. The monoisotopic (exact) mass is 583 g/mol. The SMILES string of the molecule is O=C(CCCn1c(=O)c2ccccc2n(CC(=O)N2CCN(c3ccccc3)CC2)c1=O)NCc1ccc2c(c1)OCO2. The van der Waals surface area contributed by atoms with E-state index in [1.165, 1.54) is 4.57 Å². The van der Waals surface area contributed by atoms with Crippen molar-refractivity contribution in [1.29, 1.82) is 0 Å². The number of benzene rings is 3. The quantitative estimate of drug-likeness (QED) is 0.322. The summed E-state index contributed by atoms with van der Waals surface area (Å²) in [6, 6.07) is 22.4. The Morgan fingerprint density at radius 2 is 1.56 bits per heavy atom. The number of piperazine rings is 1. The predicted molar refractivity (Wildman–Crippen MR) is 161 cm³/mol. The molecule has 0 radical (unpaired) electrons. The summed E-state index contributed by atoms with van der Waals surface area (Å²) in [7, 11) is 0. The molecule has 11 heteroatoms. The number of carbonyl (C=O) groups is 2. The van der Waals surface area contributed by atoms with Gasteiger partial charge < -0.3 is 24.6 Å². The average Bonchev–Trinajstić information content (AvgIpc) is 3.52. The fourth-order valence-electron chi connectivity index (χ4n) is 5.55. The number of amides is 2. The van der Waals surface area contributed by atoms with Gasteiger partial charge in [0, 0.05) is 51.4 Å². The van der Waals surface area contributed by atoms with Crippen LogP contribution in [-0.4, -0.2) is 58.8 Å². The third kappa shape index (κ3) is 6.11. The van der Waals surface area contributed by atoms with Crippen molar-refractivity contribution in [2.45, 2.75) is 32.5 Å². The van der Waals surface area contributed by atoms with Crippen molar-refractivity contribution in [1.82, 2.24) is 19.4 Å². The van der Waals surface area contributed by atoms with E-state index in [4.69, 9.17) is 9.47 Å². The number of hydrogen-bond donors (Lipinski definition) is 1. The van der Waals surface area contributed by atoms with Crippen LogP contribution in [0.5, 0.6) is 11.5 Å². The lowest BCUT2D eigenvalue weighted by Crippen LogP contribution is -2.50. The zero-order chi connectivity index (χ0) is 29.8. The molecule has 3 heterocycles. The van der Waals surface area contributed by atoms with Crippen LogP contribution >= 0.6 is 0 Å². The molecule has 1 N–H and O–H groups in total. The molecule has 3 aromatic carbocycles. The van der Waals surface area contributed by atoms with Gasteiger partial charge in [0.05, 0.1) is 10.9 Å². The van der Waals surface area contributed by atoms with E-state index in [-0.39, 0.29) is 44.5 Å². The molecule has 43 heavy (non-hydrogen) atoms. The van der Waals surface area contributed by atoms with Gasteiger partial charge in [0.2, 0.25) is 18.6 Å². The van der Waals surface area contributed by atoms with Gasteiger partial charge in [-0.25, -0.2) is 4.79 Å². The number of fused-ring (bicyclic) bond motifs is 2. The summed E-state index contributed by atoms with van der Waals surface area (Å²) in [6.07, 6.45) is 0.420. The average molecular weight is 584 g/mol. The highest BCUT2D eigenvalue weighted by Gasteiger charge is 2.23. The minimum atomic E-state index is -0.555. The summed E-state index contributed by atoms with van der Waals surface area (Å²) in [5.41, 5.74) is 1.43. The summed E-state index contributed by atoms with van der Waals surface area (Å²) in [4.78, 5) is 56.7. The Morgan fingerprint density at radius 1 is 0.814 bits per heavy atom. The molecule has 0 aliphatic carbocycles. The van der Waals surface area contributed by atoms with E-state index in [0.29, 0.717) is 55.1 Å². The van der Waals surface area contributed by atoms with Gasteiger partial charge in [-0.05, 0) is 48.4 Å². The molecule has 11 nitrogen and oxygen atoms in total. The molecule has 0 atom stereocenters. The van der Waals surface area contributed by atoms with Crippen LogP contribution in [0.1, 0.15) is 18.4 Å². The van der Waals surface area contributed by atoms with Crippen LogP contribution in [0, 0.1) is 0 Å². The first-order chi connectivity index (χ1) is 21.0. The molecule has 222 valence electrons. The minimum absolute atomic E-state index is 0.0594. The van der Waals surface area contributed by atoms with Gasteiger partial charge in [0.1, 0.15) is 6.54 Å². The van der Waals surface area contributed by atoms with Gasteiger partial charge >= 0.3 is 5.69 Å². The van der Waals surface area contributed by atoms with E-state index in [1.54, 1.807) is 35.2 Å². The van der Waals surface area contributed by atoms with Crippen molar-refractivity contribution >= 4 is 28.4 Å². The van der Waals surface area contributed by atoms with Gasteiger partial charge in [-0.2, -0.15) is 0 Å². The highest BCUT2D eigenvalue weighted by molar-refractivity contribution is 5.82. The maximum absolute atomic E-state index is 13.6. The van der Waals surface area contributed by atoms with Crippen molar-refractivity contribution in [3.05, 3.63) is 99.2 Å². The van der Waals surface area contributed by atoms with Crippen LogP contribution in [0.2, 0.25) is 0 Å². The predicted octanol–water partition coefficient (Wildman–Crippen LogP) is 2.34. The summed E-state index contributed by atoms with van der Waals surface area (Å²) in [5.74, 6) is 0.949. The van der Waals surface area contributed by atoms with Crippen molar-refractivity contribution in [3.8, 4) is 11.5 Å². The van der Waals surface area contributed by atoms with Crippen molar-refractivity contribution < 1.29 is 19.1 Å². The van der Waals surface area contributed by atoms with Crippen LogP contribution in [0.15, 0.2) is 82.4 Å². The molecule has 2 aliphatic rings. The number of hydrogen-bond acceptors (Lipinski definition) is 7. The maximum Gasteiger partial charge on any atom is 0.331 e. The molecule has 0 saturated carbocycles. The molecule has 1 aromatic heterocycles. The van der Waals surface area contributed by atoms with Gasteiger partial charge in [0.15, 0.2) is 11.5 Å². The third-order valence-electron chi connectivity index (χ3n) is 7.89. The van der Waals surface area contributed by atoms with Crippen molar-refractivity contribution in [2.75, 3.05) is 37.9 Å². The van der Waals surface area contributed by atoms with Crippen LogP contribution in [-0.2, 0) is 29.2 Å². The number of ether oxygens (including phenoxy) is 2. The summed E-state index contributed by atoms with van der Waals surface area (Å²) in [6.45, 7) is 2.87. The summed E-state index contributed by atoms with van der Waals surface area (Å²) in [5, 5.41) is 3.22. The van der Waals surface area contributed by atoms with E-state index < -0.39 is 11.2 Å². The third-order valence-corrected chi connectivity index (χ3v) is 7.89. The zero-order valence-corrected chi connectivity index (χ0v) is 23.7. The Bertz CT molecular complexity index is 1760. The zero-order valence-electron chi connectivity index (χ0n) is 23.7. The summed E-state index contributed by atoms with van der Waals surface area (Å²) < 4.78 is 13.2. The van der Waals surface area contributed by atoms with Crippen molar-refractivity contribution in [3.63, 3.8) is 0 Å². The molecular weight excluding hydrogens is 550 g/mol. The lowest BCUT2D eigenvalue weighted by molar-refractivity contribution is -0.132. The lowest BCUT2D eigenvalue weighted by atomic mass is 10.2. The fraction of sp³-hybridized carbons (Fsp3) is 0.312. The Labute approximate surface area is 247 Å². The second kappa shape index (κ2) is 12.4. The lowest BCUT2D eigenvalue weighted by Gasteiger charge is -2.36. The number of aromatic nitrogens is 2. The van der Waals surface area contributed by atoms with E-state index in [2.05, 4.69) is 22.3 Å². The van der Waals surface area contributed by atoms with Gasteiger partial charge in [0.25, 0.3) is 5.56 Å². The Morgan fingerprint density at radius 3 is 2.37 bits per heavy atom. The smallest absolute Gasteiger partial charge is 0.331 e. The van der Waals surface area contributed by atoms with Gasteiger partial charge in [-0.15, -0.1) is 0 Å². The first-order valence-electron chi connectivity index (χ1n) is 14.4. The first kappa shape index (κ1) is 28.1. The van der Waals surface area contributed by atoms with Gasteiger partial charge in [-0.3, -0.25) is 23.5 Å². The fourth-order valence-corrected chi connectivity index (χ4v) is 5.55. The standard InChI is InChI=1S/C32H33N5O6/c38-29(33-20-23-12-13-27-28(19-23)43-22-42-27)11-6-14-36-31(40)25-9-4-5-10-26(25)37(32(36)41)21-30(39)35-17-15-34(16-18-35)24-7-2-1-3-8-24/h1-5,7-10,12-13,19H,6,11,14-18,20-22H2,(H,33,38). The topological polar surface area (TPSA) is 115 Å². The molecule has 0 spiro atoms. The molecule has 1 fully saturated rings. The molecule has 0 unspecified atom stereocenters. The second-order valence-corrected chi connectivity index (χ2v) is 10.6. The van der Waals surface area contributed by atoms with Crippen LogP contribution in [0.25, 0.3) is 10.9 Å². The van der Waals surface area contributed by atoms with Gasteiger partial charge in [-0.1, -0.05) is 36.4 Å². The van der Waals surface area contributed by atoms with E-state index in [0.717, 1.165) is 15.8 Å². The number of rotatable bonds is 9. The number of carbonyl (C=O) groups excluding carboxylic acids is 2. The van der Waals surface area contributed by atoms with E-state index in [9.17, 15) is 19.2 Å². The van der Waals surface area contributed by atoms with Crippen LogP contribution in [0.4, 0.5) is 5.69 Å². The number of para-hydroxylation sites is 2.